The van der Waals surface area contributed by atoms with Crippen molar-refractivity contribution in [3.8, 4) is 0 Å². The number of carbonyl (C=O) groups excluding carboxylic acids is 1. The molecule has 1 atom stereocenters. The molecule has 0 saturated carbocycles. The SMILES string of the molecule is C[C@@H](C(=O)Nc1ccc(Cl)cc1F)N1CCN(Cc2ccccc2)CC1. The van der Waals surface area contributed by atoms with E-state index in [1.165, 1.54) is 17.7 Å². The minimum Gasteiger partial charge on any atom is -0.322 e. The van der Waals surface area contributed by atoms with Crippen LogP contribution in [0.5, 0.6) is 0 Å². The Kier molecular flexibility index (Phi) is 6.25. The monoisotopic (exact) mass is 375 g/mol. The lowest BCUT2D eigenvalue weighted by Gasteiger charge is -2.37. The van der Waals surface area contributed by atoms with Crippen molar-refractivity contribution < 1.29 is 9.18 Å². The minimum atomic E-state index is -0.522. The molecule has 0 radical (unpaired) electrons. The first-order valence-corrected chi connectivity index (χ1v) is 9.17. The summed E-state index contributed by atoms with van der Waals surface area (Å²) in [5.41, 5.74) is 1.46. The predicted octanol–water partition coefficient (Wildman–Crippen LogP) is 3.62. The molecule has 1 heterocycles. The van der Waals surface area contributed by atoms with Crippen LogP contribution in [0.3, 0.4) is 0 Å². The second-order valence-corrected chi connectivity index (χ2v) is 7.02. The number of halogens is 2. The van der Waals surface area contributed by atoms with Crippen LogP contribution >= 0.6 is 11.6 Å². The molecular formula is C20H23ClFN3O. The molecule has 1 fully saturated rings. The maximum absolute atomic E-state index is 13.9. The summed E-state index contributed by atoms with van der Waals surface area (Å²) in [7, 11) is 0. The van der Waals surface area contributed by atoms with Gasteiger partial charge in [-0.2, -0.15) is 0 Å². The van der Waals surface area contributed by atoms with E-state index in [2.05, 4.69) is 27.2 Å². The van der Waals surface area contributed by atoms with E-state index in [9.17, 15) is 9.18 Å². The number of hydrogen-bond acceptors (Lipinski definition) is 3. The predicted molar refractivity (Wildman–Crippen MR) is 103 cm³/mol. The van der Waals surface area contributed by atoms with Crippen molar-refractivity contribution in [3.63, 3.8) is 0 Å². The maximum Gasteiger partial charge on any atom is 0.241 e. The number of anilines is 1. The average molecular weight is 376 g/mol. The fourth-order valence-electron chi connectivity index (χ4n) is 3.14. The van der Waals surface area contributed by atoms with Crippen LogP contribution < -0.4 is 5.32 Å². The van der Waals surface area contributed by atoms with E-state index >= 15 is 0 Å². The van der Waals surface area contributed by atoms with Crippen LogP contribution in [0.1, 0.15) is 12.5 Å². The normalized spacial score (nSPS) is 17.0. The molecule has 138 valence electrons. The van der Waals surface area contributed by atoms with Crippen LogP contribution in [0.25, 0.3) is 0 Å². The van der Waals surface area contributed by atoms with Crippen molar-refractivity contribution in [2.75, 3.05) is 31.5 Å². The number of piperazine rings is 1. The van der Waals surface area contributed by atoms with Gasteiger partial charge in [-0.25, -0.2) is 4.39 Å². The van der Waals surface area contributed by atoms with Gasteiger partial charge in [0.1, 0.15) is 5.82 Å². The van der Waals surface area contributed by atoms with Crippen LogP contribution in [0, 0.1) is 5.82 Å². The van der Waals surface area contributed by atoms with Crippen LogP contribution in [-0.4, -0.2) is 47.9 Å². The molecule has 1 aliphatic rings. The Labute approximate surface area is 158 Å². The van der Waals surface area contributed by atoms with E-state index in [-0.39, 0.29) is 17.6 Å². The van der Waals surface area contributed by atoms with Gasteiger partial charge >= 0.3 is 0 Å². The standard InChI is InChI=1S/C20H23ClFN3O/c1-15(20(26)23-19-8-7-17(21)13-18(19)22)25-11-9-24(10-12-25)14-16-5-3-2-4-6-16/h2-8,13,15H,9-12,14H2,1H3,(H,23,26)/t15-/m0/s1. The zero-order chi connectivity index (χ0) is 18.5. The van der Waals surface area contributed by atoms with Crippen molar-refractivity contribution in [3.05, 3.63) is 64.9 Å². The summed E-state index contributed by atoms with van der Waals surface area (Å²) in [5, 5.41) is 2.97. The van der Waals surface area contributed by atoms with Gasteiger partial charge in [-0.05, 0) is 30.7 Å². The van der Waals surface area contributed by atoms with E-state index in [0.29, 0.717) is 5.02 Å². The molecule has 0 aromatic heterocycles. The van der Waals surface area contributed by atoms with Gasteiger partial charge in [-0.15, -0.1) is 0 Å². The Balaban J connectivity index is 1.51. The van der Waals surface area contributed by atoms with Crippen molar-refractivity contribution in [2.45, 2.75) is 19.5 Å². The molecule has 1 saturated heterocycles. The molecule has 1 aliphatic heterocycles. The number of hydrogen-bond donors (Lipinski definition) is 1. The summed E-state index contributed by atoms with van der Waals surface area (Å²) >= 11 is 5.74. The van der Waals surface area contributed by atoms with Gasteiger partial charge in [0.25, 0.3) is 0 Å². The summed E-state index contributed by atoms with van der Waals surface area (Å²) in [6, 6.07) is 14.3. The first kappa shape index (κ1) is 18.8. The highest BCUT2D eigenvalue weighted by Gasteiger charge is 2.26. The lowest BCUT2D eigenvalue weighted by molar-refractivity contribution is -0.121. The Morgan fingerprint density at radius 2 is 1.85 bits per heavy atom. The molecule has 1 amide bonds. The van der Waals surface area contributed by atoms with Crippen molar-refractivity contribution in [1.82, 2.24) is 9.80 Å². The van der Waals surface area contributed by atoms with Crippen LogP contribution in [0.2, 0.25) is 5.02 Å². The van der Waals surface area contributed by atoms with Gasteiger partial charge in [0, 0.05) is 37.7 Å². The first-order chi connectivity index (χ1) is 12.5. The van der Waals surface area contributed by atoms with Gasteiger partial charge in [-0.3, -0.25) is 14.6 Å². The molecule has 3 rings (SSSR count). The number of rotatable bonds is 5. The molecule has 0 spiro atoms. The molecule has 4 nitrogen and oxygen atoms in total. The minimum absolute atomic E-state index is 0.161. The second-order valence-electron chi connectivity index (χ2n) is 6.59. The summed E-state index contributed by atoms with van der Waals surface area (Å²) in [6.45, 7) is 6.21. The molecule has 1 N–H and O–H groups in total. The van der Waals surface area contributed by atoms with Gasteiger partial charge in [0.2, 0.25) is 5.91 Å². The largest absolute Gasteiger partial charge is 0.322 e. The fourth-order valence-corrected chi connectivity index (χ4v) is 3.30. The Morgan fingerprint density at radius 1 is 1.15 bits per heavy atom. The first-order valence-electron chi connectivity index (χ1n) is 8.79. The van der Waals surface area contributed by atoms with E-state index in [1.54, 1.807) is 6.07 Å². The second kappa shape index (κ2) is 8.62. The molecule has 6 heteroatoms. The van der Waals surface area contributed by atoms with E-state index < -0.39 is 5.82 Å². The van der Waals surface area contributed by atoms with Gasteiger partial charge in [-0.1, -0.05) is 41.9 Å². The highest BCUT2D eigenvalue weighted by atomic mass is 35.5. The van der Waals surface area contributed by atoms with Gasteiger partial charge < -0.3 is 5.32 Å². The van der Waals surface area contributed by atoms with Crippen LogP contribution in [0.4, 0.5) is 10.1 Å². The van der Waals surface area contributed by atoms with E-state index in [4.69, 9.17) is 11.6 Å². The summed E-state index contributed by atoms with van der Waals surface area (Å²) in [5.74, 6) is -0.728. The highest BCUT2D eigenvalue weighted by Crippen LogP contribution is 2.19. The lowest BCUT2D eigenvalue weighted by Crippen LogP contribution is -2.52. The molecule has 0 unspecified atom stereocenters. The van der Waals surface area contributed by atoms with Crippen molar-refractivity contribution >= 4 is 23.2 Å². The number of benzene rings is 2. The van der Waals surface area contributed by atoms with Crippen LogP contribution in [0.15, 0.2) is 48.5 Å². The van der Waals surface area contributed by atoms with Crippen LogP contribution in [-0.2, 0) is 11.3 Å². The quantitative estimate of drug-likeness (QED) is 0.866. The molecule has 2 aromatic rings. The summed E-state index contributed by atoms with van der Waals surface area (Å²) in [4.78, 5) is 17.0. The smallest absolute Gasteiger partial charge is 0.241 e. The number of amides is 1. The van der Waals surface area contributed by atoms with Gasteiger partial charge in [0.05, 0.1) is 11.7 Å². The number of nitrogens with one attached hydrogen (secondary N) is 1. The number of carbonyl (C=O) groups is 1. The Bertz CT molecular complexity index is 748. The molecule has 2 aromatic carbocycles. The molecule has 0 bridgehead atoms. The van der Waals surface area contributed by atoms with E-state index in [0.717, 1.165) is 32.7 Å². The third kappa shape index (κ3) is 4.81. The molecule has 0 aliphatic carbocycles. The van der Waals surface area contributed by atoms with Gasteiger partial charge in [0.15, 0.2) is 0 Å². The summed E-state index contributed by atoms with van der Waals surface area (Å²) < 4.78 is 13.9. The lowest BCUT2D eigenvalue weighted by atomic mass is 10.1. The van der Waals surface area contributed by atoms with Crippen molar-refractivity contribution in [2.24, 2.45) is 0 Å². The number of nitrogens with zero attached hydrogens (tertiary/aromatic N) is 2. The fraction of sp³-hybridized carbons (Fsp3) is 0.350. The Hall–Kier alpha value is -1.95. The molecule has 26 heavy (non-hydrogen) atoms. The van der Waals surface area contributed by atoms with Crippen molar-refractivity contribution in [1.29, 1.82) is 0 Å². The zero-order valence-electron chi connectivity index (χ0n) is 14.8. The maximum atomic E-state index is 13.9. The summed E-state index contributed by atoms with van der Waals surface area (Å²) in [6.07, 6.45) is 0. The third-order valence-corrected chi connectivity index (χ3v) is 5.01. The Morgan fingerprint density at radius 3 is 2.50 bits per heavy atom. The average Bonchev–Trinajstić information content (AvgIpc) is 2.65. The van der Waals surface area contributed by atoms with E-state index in [1.807, 2.05) is 25.1 Å². The zero-order valence-corrected chi connectivity index (χ0v) is 15.5. The third-order valence-electron chi connectivity index (χ3n) is 4.77. The topological polar surface area (TPSA) is 35.6 Å². The molecular weight excluding hydrogens is 353 g/mol. The highest BCUT2D eigenvalue weighted by molar-refractivity contribution is 6.30.